The van der Waals surface area contributed by atoms with Crippen LogP contribution in [-0.2, 0) is 13.1 Å². The Labute approximate surface area is 155 Å². The summed E-state index contributed by atoms with van der Waals surface area (Å²) in [5.74, 6) is 0.779. The number of rotatable bonds is 7. The molecule has 6 nitrogen and oxygen atoms in total. The van der Waals surface area contributed by atoms with Crippen LogP contribution in [0.1, 0.15) is 35.5 Å². The van der Waals surface area contributed by atoms with Gasteiger partial charge in [-0.25, -0.2) is 0 Å². The van der Waals surface area contributed by atoms with Gasteiger partial charge in [0.05, 0.1) is 12.2 Å². The zero-order chi connectivity index (χ0) is 18.8. The molecule has 0 aliphatic heterocycles. The first kappa shape index (κ1) is 19.4. The van der Waals surface area contributed by atoms with Gasteiger partial charge in [0.1, 0.15) is 0 Å². The van der Waals surface area contributed by atoms with Crippen molar-refractivity contribution in [3.63, 3.8) is 0 Å². The number of amides is 1. The molecule has 2 rings (SSSR count). The Kier molecular flexibility index (Phi) is 7.61. The van der Waals surface area contributed by atoms with Crippen molar-refractivity contribution in [2.45, 2.75) is 26.9 Å². The highest BCUT2D eigenvalue weighted by Crippen LogP contribution is 2.08. The Balaban J connectivity index is 1.87. The molecule has 138 valence electrons. The van der Waals surface area contributed by atoms with E-state index in [4.69, 9.17) is 0 Å². The molecule has 0 atom stereocenters. The summed E-state index contributed by atoms with van der Waals surface area (Å²) in [5, 5.41) is 6.50. The minimum Gasteiger partial charge on any atom is -0.352 e. The molecule has 0 aliphatic carbocycles. The van der Waals surface area contributed by atoms with Crippen LogP contribution in [0.5, 0.6) is 0 Å². The molecule has 0 radical (unpaired) electrons. The van der Waals surface area contributed by atoms with Crippen molar-refractivity contribution in [1.29, 1.82) is 0 Å². The SMILES string of the molecule is CCN(CC)C(=O)c1ccc(CNC(=NC)NCc2ccccn2)cc1. The van der Waals surface area contributed by atoms with Crippen LogP contribution in [0.3, 0.4) is 0 Å². The predicted octanol–water partition coefficient (Wildman–Crippen LogP) is 2.43. The monoisotopic (exact) mass is 353 g/mol. The van der Waals surface area contributed by atoms with Gasteiger partial charge in [0, 0.05) is 38.4 Å². The molecule has 0 aliphatic rings. The first-order valence-corrected chi connectivity index (χ1v) is 8.90. The van der Waals surface area contributed by atoms with E-state index < -0.39 is 0 Å². The normalized spacial score (nSPS) is 11.1. The second-order valence-electron chi connectivity index (χ2n) is 5.77. The lowest BCUT2D eigenvalue weighted by Crippen LogP contribution is -2.36. The van der Waals surface area contributed by atoms with Gasteiger partial charge in [-0.3, -0.25) is 14.8 Å². The van der Waals surface area contributed by atoms with Gasteiger partial charge >= 0.3 is 0 Å². The van der Waals surface area contributed by atoms with Crippen molar-refractivity contribution in [2.24, 2.45) is 4.99 Å². The Bertz CT molecular complexity index is 709. The number of pyridine rings is 1. The van der Waals surface area contributed by atoms with Gasteiger partial charge in [0.25, 0.3) is 5.91 Å². The van der Waals surface area contributed by atoms with Crippen molar-refractivity contribution in [1.82, 2.24) is 20.5 Å². The Morgan fingerprint density at radius 1 is 1.04 bits per heavy atom. The maximum Gasteiger partial charge on any atom is 0.253 e. The lowest BCUT2D eigenvalue weighted by atomic mass is 10.1. The van der Waals surface area contributed by atoms with E-state index in [0.717, 1.165) is 29.9 Å². The summed E-state index contributed by atoms with van der Waals surface area (Å²) in [6, 6.07) is 13.5. The molecule has 26 heavy (non-hydrogen) atoms. The fourth-order valence-electron chi connectivity index (χ4n) is 2.54. The molecule has 0 spiro atoms. The van der Waals surface area contributed by atoms with Crippen LogP contribution in [0, 0.1) is 0 Å². The third-order valence-corrected chi connectivity index (χ3v) is 4.10. The second-order valence-corrected chi connectivity index (χ2v) is 5.77. The quantitative estimate of drug-likeness (QED) is 0.592. The van der Waals surface area contributed by atoms with E-state index in [2.05, 4.69) is 20.6 Å². The van der Waals surface area contributed by atoms with E-state index in [9.17, 15) is 4.79 Å². The van der Waals surface area contributed by atoms with Gasteiger partial charge in [-0.2, -0.15) is 0 Å². The minimum atomic E-state index is 0.0716. The standard InChI is InChI=1S/C20H27N5O/c1-4-25(5-2)19(26)17-11-9-16(10-12-17)14-23-20(21-3)24-15-18-8-6-7-13-22-18/h6-13H,4-5,14-15H2,1-3H3,(H2,21,23,24). The fraction of sp³-hybridized carbons (Fsp3) is 0.350. The summed E-state index contributed by atoms with van der Waals surface area (Å²) in [6.45, 7) is 6.65. The van der Waals surface area contributed by atoms with Crippen LogP contribution in [0.25, 0.3) is 0 Å². The van der Waals surface area contributed by atoms with Crippen LogP contribution in [-0.4, -0.2) is 41.9 Å². The molecule has 2 aromatic rings. The molecular formula is C20H27N5O. The Morgan fingerprint density at radius 2 is 1.73 bits per heavy atom. The van der Waals surface area contributed by atoms with E-state index in [1.807, 2.05) is 61.2 Å². The van der Waals surface area contributed by atoms with Crippen LogP contribution in [0.4, 0.5) is 0 Å². The van der Waals surface area contributed by atoms with Gasteiger partial charge in [-0.15, -0.1) is 0 Å². The van der Waals surface area contributed by atoms with Gasteiger partial charge in [-0.05, 0) is 43.7 Å². The molecular weight excluding hydrogens is 326 g/mol. The number of aliphatic imine (C=N–C) groups is 1. The molecule has 0 saturated carbocycles. The summed E-state index contributed by atoms with van der Waals surface area (Å²) in [7, 11) is 1.74. The van der Waals surface area contributed by atoms with Crippen molar-refractivity contribution in [2.75, 3.05) is 20.1 Å². The van der Waals surface area contributed by atoms with E-state index in [0.29, 0.717) is 19.0 Å². The number of carbonyl (C=O) groups excluding carboxylic acids is 1. The number of guanidine groups is 1. The first-order chi connectivity index (χ1) is 12.7. The third-order valence-electron chi connectivity index (χ3n) is 4.10. The highest BCUT2D eigenvalue weighted by molar-refractivity contribution is 5.94. The molecule has 1 heterocycles. The number of nitrogens with one attached hydrogen (secondary N) is 2. The van der Waals surface area contributed by atoms with E-state index in [1.165, 1.54) is 0 Å². The molecule has 1 aromatic carbocycles. The number of hydrogen-bond donors (Lipinski definition) is 2. The maximum atomic E-state index is 12.3. The molecule has 0 unspecified atom stereocenters. The number of benzene rings is 1. The molecule has 1 amide bonds. The van der Waals surface area contributed by atoms with Crippen LogP contribution in [0.2, 0.25) is 0 Å². The number of nitrogens with zero attached hydrogens (tertiary/aromatic N) is 3. The van der Waals surface area contributed by atoms with Crippen molar-refractivity contribution < 1.29 is 4.79 Å². The van der Waals surface area contributed by atoms with Gasteiger partial charge in [0.2, 0.25) is 0 Å². The number of hydrogen-bond acceptors (Lipinski definition) is 3. The summed E-state index contributed by atoms with van der Waals surface area (Å²) >= 11 is 0. The number of aromatic nitrogens is 1. The number of carbonyl (C=O) groups is 1. The zero-order valence-electron chi connectivity index (χ0n) is 15.7. The Hall–Kier alpha value is -2.89. The predicted molar refractivity (Wildman–Crippen MR) is 105 cm³/mol. The van der Waals surface area contributed by atoms with E-state index in [-0.39, 0.29) is 5.91 Å². The summed E-state index contributed by atoms with van der Waals surface area (Å²) in [5.41, 5.74) is 2.76. The fourth-order valence-corrected chi connectivity index (χ4v) is 2.54. The summed E-state index contributed by atoms with van der Waals surface area (Å²) in [6.07, 6.45) is 1.77. The van der Waals surface area contributed by atoms with Crippen molar-refractivity contribution in [3.8, 4) is 0 Å². The minimum absolute atomic E-state index is 0.0716. The largest absolute Gasteiger partial charge is 0.352 e. The molecule has 2 N–H and O–H groups in total. The average Bonchev–Trinajstić information content (AvgIpc) is 2.70. The average molecular weight is 353 g/mol. The molecule has 0 saturated heterocycles. The van der Waals surface area contributed by atoms with E-state index in [1.54, 1.807) is 13.2 Å². The Morgan fingerprint density at radius 3 is 2.31 bits per heavy atom. The third kappa shape index (κ3) is 5.58. The molecule has 0 bridgehead atoms. The van der Waals surface area contributed by atoms with Crippen LogP contribution in [0.15, 0.2) is 53.7 Å². The van der Waals surface area contributed by atoms with Crippen molar-refractivity contribution in [3.05, 3.63) is 65.5 Å². The maximum absolute atomic E-state index is 12.3. The van der Waals surface area contributed by atoms with Gasteiger partial charge in [0.15, 0.2) is 5.96 Å². The summed E-state index contributed by atoms with van der Waals surface area (Å²) < 4.78 is 0. The lowest BCUT2D eigenvalue weighted by molar-refractivity contribution is 0.0773. The van der Waals surface area contributed by atoms with Gasteiger partial charge < -0.3 is 15.5 Å². The van der Waals surface area contributed by atoms with Crippen molar-refractivity contribution >= 4 is 11.9 Å². The lowest BCUT2D eigenvalue weighted by Gasteiger charge is -2.18. The highest BCUT2D eigenvalue weighted by Gasteiger charge is 2.11. The zero-order valence-corrected chi connectivity index (χ0v) is 15.7. The van der Waals surface area contributed by atoms with Crippen LogP contribution >= 0.6 is 0 Å². The topological polar surface area (TPSA) is 69.6 Å². The van der Waals surface area contributed by atoms with E-state index >= 15 is 0 Å². The summed E-state index contributed by atoms with van der Waals surface area (Å²) in [4.78, 5) is 22.6. The van der Waals surface area contributed by atoms with Crippen LogP contribution < -0.4 is 10.6 Å². The smallest absolute Gasteiger partial charge is 0.253 e. The molecule has 1 aromatic heterocycles. The molecule has 6 heteroatoms. The molecule has 0 fully saturated rings. The van der Waals surface area contributed by atoms with Gasteiger partial charge in [-0.1, -0.05) is 18.2 Å². The first-order valence-electron chi connectivity index (χ1n) is 8.90. The second kappa shape index (κ2) is 10.2. The highest BCUT2D eigenvalue weighted by atomic mass is 16.2.